The Hall–Kier alpha value is -3.18. The van der Waals surface area contributed by atoms with Crippen LogP contribution in [0.3, 0.4) is 0 Å². The van der Waals surface area contributed by atoms with Gasteiger partial charge < -0.3 is 4.74 Å². The fraction of sp³-hybridized carbons (Fsp3) is 0.0870. The van der Waals surface area contributed by atoms with Crippen LogP contribution in [-0.4, -0.2) is 0 Å². The second-order valence-electron chi connectivity index (χ2n) is 7.31. The van der Waals surface area contributed by atoms with E-state index < -0.39 is 5.79 Å². The van der Waals surface area contributed by atoms with Crippen LogP contribution in [0, 0.1) is 0 Å². The van der Waals surface area contributed by atoms with Crippen molar-refractivity contribution in [2.45, 2.75) is 22.1 Å². The molecule has 4 aromatic rings. The van der Waals surface area contributed by atoms with E-state index in [1.54, 1.807) is 0 Å². The van der Waals surface area contributed by atoms with E-state index in [2.05, 4.69) is 86.8 Å². The van der Waals surface area contributed by atoms with Crippen molar-refractivity contribution in [1.82, 2.24) is 0 Å². The van der Waals surface area contributed by atoms with E-state index in [-0.39, 0.29) is 0 Å². The van der Waals surface area contributed by atoms with E-state index in [4.69, 9.17) is 4.74 Å². The molecule has 1 atom stereocenters. The topological polar surface area (TPSA) is 20.9 Å². The van der Waals surface area contributed by atoms with E-state index >= 15 is 0 Å². The molecule has 3 aliphatic heterocycles. The summed E-state index contributed by atoms with van der Waals surface area (Å²) >= 11 is 1.82. The van der Waals surface area contributed by atoms with Gasteiger partial charge in [0, 0.05) is 35.2 Å². The lowest BCUT2D eigenvalue weighted by Gasteiger charge is -2.32. The van der Waals surface area contributed by atoms with Crippen LogP contribution < -0.4 is 18.4 Å². The van der Waals surface area contributed by atoms with E-state index in [1.807, 2.05) is 23.9 Å². The third-order valence-corrected chi connectivity index (χ3v) is 6.99. The first-order chi connectivity index (χ1) is 13.9. The second kappa shape index (κ2) is 5.00. The lowest BCUT2D eigenvalue weighted by molar-refractivity contribution is -1.18. The molecule has 1 spiro atoms. The van der Waals surface area contributed by atoms with Gasteiger partial charge in [-0.2, -0.15) is 0 Å². The van der Waals surface area contributed by atoms with Crippen LogP contribution in [0.5, 0.6) is 11.6 Å². The zero-order chi connectivity index (χ0) is 18.3. The maximum Gasteiger partial charge on any atom is 0.597 e. The zero-order valence-corrected chi connectivity index (χ0v) is 15.8. The van der Waals surface area contributed by atoms with Crippen molar-refractivity contribution in [3.05, 3.63) is 102 Å². The lowest BCUT2D eigenvalue weighted by atomic mass is 9.97. The van der Waals surface area contributed by atoms with Crippen LogP contribution in [0.1, 0.15) is 17.0 Å². The zero-order valence-electron chi connectivity index (χ0n) is 14.9. The number of hydrogen-bond donors (Lipinski definition) is 0. The minimum Gasteiger partial charge on any atom is -0.404 e. The summed E-state index contributed by atoms with van der Waals surface area (Å²) < 4.78 is 13.5. The number of nitrogens with zero attached hydrogens (tertiary/aromatic N) is 3. The van der Waals surface area contributed by atoms with Gasteiger partial charge in [0.15, 0.2) is 18.1 Å². The minimum atomic E-state index is -0.549. The van der Waals surface area contributed by atoms with Gasteiger partial charge in [0.25, 0.3) is 5.03 Å². The molecule has 7 rings (SSSR count). The minimum absolute atomic E-state index is 0.549. The number of rotatable bonds is 0. The van der Waals surface area contributed by atoms with Gasteiger partial charge >= 0.3 is 11.7 Å². The Morgan fingerprint density at radius 2 is 1.61 bits per heavy atom. The summed E-state index contributed by atoms with van der Waals surface area (Å²) in [6.07, 6.45) is 5.24. The van der Waals surface area contributed by atoms with Gasteiger partial charge in [0.1, 0.15) is 6.42 Å². The Balaban J connectivity index is 1.77. The molecular weight excluding hydrogens is 366 g/mol. The predicted molar refractivity (Wildman–Crippen MR) is 101 cm³/mol. The largest absolute Gasteiger partial charge is 0.597 e. The van der Waals surface area contributed by atoms with Crippen molar-refractivity contribution in [1.29, 1.82) is 0 Å². The molecule has 0 amide bonds. The van der Waals surface area contributed by atoms with Gasteiger partial charge in [0.2, 0.25) is 17.0 Å². The van der Waals surface area contributed by atoms with E-state index in [9.17, 15) is 0 Å². The van der Waals surface area contributed by atoms with Crippen molar-refractivity contribution in [3.8, 4) is 11.6 Å². The van der Waals surface area contributed by atoms with E-state index in [0.717, 1.165) is 18.1 Å². The fourth-order valence-electron chi connectivity index (χ4n) is 4.91. The molecule has 0 radical (unpaired) electrons. The number of aromatic nitrogens is 3. The number of benzene rings is 1. The molecule has 1 unspecified atom stereocenters. The molecule has 0 fully saturated rings. The maximum absolute atomic E-state index is 6.37. The summed E-state index contributed by atoms with van der Waals surface area (Å²) in [5.74, 6) is 1.22. The molecular formula is C23H16N3OS+3. The highest BCUT2D eigenvalue weighted by atomic mass is 32.2. The highest BCUT2D eigenvalue weighted by molar-refractivity contribution is 7.99. The predicted octanol–water partition coefficient (Wildman–Crippen LogP) is 2.78. The van der Waals surface area contributed by atoms with Crippen LogP contribution in [-0.2, 0) is 12.2 Å². The Labute approximate surface area is 166 Å². The Morgan fingerprint density at radius 3 is 2.57 bits per heavy atom. The van der Waals surface area contributed by atoms with Crippen molar-refractivity contribution in [3.63, 3.8) is 0 Å². The summed E-state index contributed by atoms with van der Waals surface area (Å²) in [6.45, 7) is 0. The third kappa shape index (κ3) is 1.58. The van der Waals surface area contributed by atoms with Crippen LogP contribution in [0.25, 0.3) is 0 Å². The van der Waals surface area contributed by atoms with Gasteiger partial charge in [-0.3, -0.25) is 0 Å². The Bertz CT molecular complexity index is 1190. The van der Waals surface area contributed by atoms with Crippen molar-refractivity contribution in [2.24, 2.45) is 0 Å². The molecule has 0 aliphatic carbocycles. The molecule has 3 aliphatic rings. The van der Waals surface area contributed by atoms with Gasteiger partial charge in [-0.1, -0.05) is 21.3 Å². The molecule has 4 nitrogen and oxygen atoms in total. The summed E-state index contributed by atoms with van der Waals surface area (Å²) in [5, 5.41) is 1.24. The van der Waals surface area contributed by atoms with Crippen LogP contribution in [0.15, 0.2) is 95.1 Å². The number of hydrogen-bond acceptors (Lipinski definition) is 2. The standard InChI is InChI=1S/C23H16N3OS/c1-3-13-24-16(7-1)15-17-8-5-12-21-26(17)23(24)22-18(9-6-10-19(22)28-21)27-20-11-2-4-14-25(20)23/h1-14H,15H2/q+3. The molecule has 6 heterocycles. The highest BCUT2D eigenvalue weighted by Gasteiger charge is 2.74. The average molecular weight is 382 g/mol. The summed E-state index contributed by atoms with van der Waals surface area (Å²) in [5.41, 5.74) is 3.79. The molecule has 3 aromatic heterocycles. The van der Waals surface area contributed by atoms with E-state index in [1.165, 1.54) is 26.9 Å². The summed E-state index contributed by atoms with van der Waals surface area (Å²) in [7, 11) is 0. The molecule has 0 saturated carbocycles. The van der Waals surface area contributed by atoms with Crippen molar-refractivity contribution < 1.29 is 18.4 Å². The molecule has 0 saturated heterocycles. The molecule has 0 N–H and O–H groups in total. The Morgan fingerprint density at radius 1 is 0.786 bits per heavy atom. The molecule has 5 heteroatoms. The van der Waals surface area contributed by atoms with Gasteiger partial charge in [-0.05, 0) is 40.6 Å². The average Bonchev–Trinajstić information content (AvgIpc) is 2.74. The molecule has 132 valence electrons. The fourth-order valence-corrected chi connectivity index (χ4v) is 6.10. The van der Waals surface area contributed by atoms with Crippen LogP contribution >= 0.6 is 11.8 Å². The second-order valence-corrected chi connectivity index (χ2v) is 8.37. The maximum atomic E-state index is 6.37. The van der Waals surface area contributed by atoms with Crippen LogP contribution in [0.4, 0.5) is 0 Å². The summed E-state index contributed by atoms with van der Waals surface area (Å²) in [4.78, 5) is 1.24. The quantitative estimate of drug-likeness (QED) is 0.376. The number of pyridine rings is 3. The first kappa shape index (κ1) is 14.8. The molecule has 0 bridgehead atoms. The lowest BCUT2D eigenvalue weighted by Crippen LogP contribution is -2.91. The van der Waals surface area contributed by atoms with Gasteiger partial charge in [-0.25, -0.2) is 0 Å². The van der Waals surface area contributed by atoms with Crippen molar-refractivity contribution in [2.75, 3.05) is 0 Å². The van der Waals surface area contributed by atoms with Gasteiger partial charge in [0.05, 0.1) is 6.07 Å². The van der Waals surface area contributed by atoms with Gasteiger partial charge in [-0.15, -0.1) is 0 Å². The highest BCUT2D eigenvalue weighted by Crippen LogP contribution is 2.46. The smallest absolute Gasteiger partial charge is 0.404 e. The first-order valence-corrected chi connectivity index (χ1v) is 10.2. The SMILES string of the molecule is c1cc2c3c(c1)Sc1cccc4[n+]1C3([n+]1ccccc1C4)[n+]1ccccc1O2. The summed E-state index contributed by atoms with van der Waals surface area (Å²) in [6, 6.07) is 25.7. The van der Waals surface area contributed by atoms with Crippen molar-refractivity contribution >= 4 is 11.8 Å². The third-order valence-electron chi connectivity index (χ3n) is 5.90. The first-order valence-electron chi connectivity index (χ1n) is 9.42. The number of ether oxygens (including phenoxy) is 1. The molecule has 1 aromatic carbocycles. The monoisotopic (exact) mass is 382 g/mol. The molecule has 28 heavy (non-hydrogen) atoms. The normalized spacial score (nSPS) is 19.6. The van der Waals surface area contributed by atoms with Crippen LogP contribution in [0.2, 0.25) is 0 Å². The van der Waals surface area contributed by atoms with E-state index in [0.29, 0.717) is 0 Å². The Kier molecular flexibility index (Phi) is 2.65. The number of fused-ring (bicyclic) bond motifs is 2.